The van der Waals surface area contributed by atoms with Crippen molar-refractivity contribution in [3.8, 4) is 0 Å². The quantitative estimate of drug-likeness (QED) is 0.625. The third-order valence-corrected chi connectivity index (χ3v) is 4.09. The van der Waals surface area contributed by atoms with Gasteiger partial charge in [-0.1, -0.05) is 12.1 Å². The summed E-state index contributed by atoms with van der Waals surface area (Å²) in [6, 6.07) is 9.82. The molecule has 0 atom stereocenters. The number of carbonyl (C=O) groups is 2. The highest BCUT2D eigenvalue weighted by molar-refractivity contribution is 14.1. The molecular formula is C16H11FINO2. The maximum atomic E-state index is 14.2. The summed E-state index contributed by atoms with van der Waals surface area (Å²) in [5.41, 5.74) is 1.76. The van der Waals surface area contributed by atoms with Gasteiger partial charge < -0.3 is 5.32 Å². The fourth-order valence-electron chi connectivity index (χ4n) is 2.36. The molecule has 0 fully saturated rings. The second-order valence-corrected chi connectivity index (χ2v) is 6.12. The lowest BCUT2D eigenvalue weighted by Crippen LogP contribution is -2.20. The van der Waals surface area contributed by atoms with Crippen LogP contribution in [0.4, 0.5) is 10.1 Å². The van der Waals surface area contributed by atoms with E-state index >= 15 is 0 Å². The molecule has 0 radical (unpaired) electrons. The molecule has 0 saturated carbocycles. The average molecular weight is 395 g/mol. The standard InChI is InChI=1S/C16H11FINO2/c17-13-8-14-9(4-5-15(20)19-14)7-12(13)16(21)10-2-1-3-11(18)6-10/h1-3,6-8H,4-5H2,(H,19,20). The first-order chi connectivity index (χ1) is 10.0. The van der Waals surface area contributed by atoms with Crippen LogP contribution in [0.1, 0.15) is 27.9 Å². The molecule has 1 amide bonds. The number of benzene rings is 2. The minimum Gasteiger partial charge on any atom is -0.326 e. The third kappa shape index (κ3) is 2.83. The molecule has 1 N–H and O–H groups in total. The zero-order valence-corrected chi connectivity index (χ0v) is 13.1. The normalized spacial score (nSPS) is 13.5. The van der Waals surface area contributed by atoms with E-state index < -0.39 is 5.82 Å². The van der Waals surface area contributed by atoms with Crippen LogP contribution in [-0.2, 0) is 11.2 Å². The van der Waals surface area contributed by atoms with Gasteiger partial charge in [-0.3, -0.25) is 9.59 Å². The molecular weight excluding hydrogens is 384 g/mol. The number of anilines is 1. The van der Waals surface area contributed by atoms with Crippen LogP contribution < -0.4 is 5.32 Å². The summed E-state index contributed by atoms with van der Waals surface area (Å²) < 4.78 is 15.1. The molecule has 0 aliphatic carbocycles. The summed E-state index contributed by atoms with van der Waals surface area (Å²) in [6.07, 6.45) is 0.879. The minimum atomic E-state index is -0.611. The van der Waals surface area contributed by atoms with Gasteiger partial charge in [0.1, 0.15) is 5.82 Å². The monoisotopic (exact) mass is 395 g/mol. The number of ketones is 1. The molecule has 3 nitrogen and oxygen atoms in total. The van der Waals surface area contributed by atoms with Crippen molar-refractivity contribution in [1.29, 1.82) is 0 Å². The SMILES string of the molecule is O=C1CCc2cc(C(=O)c3cccc(I)c3)c(F)cc2N1. The molecule has 21 heavy (non-hydrogen) atoms. The zero-order valence-electron chi connectivity index (χ0n) is 11.0. The number of aryl methyl sites for hydroxylation is 1. The van der Waals surface area contributed by atoms with Gasteiger partial charge in [0, 0.05) is 21.2 Å². The summed E-state index contributed by atoms with van der Waals surface area (Å²) >= 11 is 2.11. The molecule has 0 unspecified atom stereocenters. The fourth-order valence-corrected chi connectivity index (χ4v) is 2.90. The van der Waals surface area contributed by atoms with Gasteiger partial charge in [-0.25, -0.2) is 4.39 Å². The predicted octanol–water partition coefficient (Wildman–Crippen LogP) is 3.55. The highest BCUT2D eigenvalue weighted by Crippen LogP contribution is 2.27. The Bertz CT molecular complexity index is 758. The summed E-state index contributed by atoms with van der Waals surface area (Å²) in [7, 11) is 0. The molecule has 3 rings (SSSR count). The lowest BCUT2D eigenvalue weighted by atomic mass is 9.96. The molecule has 0 aromatic heterocycles. The maximum absolute atomic E-state index is 14.2. The number of carbonyl (C=O) groups excluding carboxylic acids is 2. The topological polar surface area (TPSA) is 46.2 Å². The summed E-state index contributed by atoms with van der Waals surface area (Å²) in [5, 5.41) is 2.62. The number of halogens is 2. The second kappa shape index (κ2) is 5.55. The van der Waals surface area contributed by atoms with Gasteiger partial charge in [0.25, 0.3) is 0 Å². The number of rotatable bonds is 2. The van der Waals surface area contributed by atoms with Gasteiger partial charge in [0.2, 0.25) is 5.91 Å². The lowest BCUT2D eigenvalue weighted by molar-refractivity contribution is -0.116. The highest BCUT2D eigenvalue weighted by Gasteiger charge is 2.21. The number of hydrogen-bond acceptors (Lipinski definition) is 2. The average Bonchev–Trinajstić information content (AvgIpc) is 2.45. The predicted molar refractivity (Wildman–Crippen MR) is 85.9 cm³/mol. The van der Waals surface area contributed by atoms with E-state index in [1.54, 1.807) is 24.3 Å². The number of fused-ring (bicyclic) bond motifs is 1. The van der Waals surface area contributed by atoms with E-state index in [0.717, 1.165) is 9.13 Å². The van der Waals surface area contributed by atoms with E-state index in [0.29, 0.717) is 24.1 Å². The van der Waals surface area contributed by atoms with Gasteiger partial charge >= 0.3 is 0 Å². The Morgan fingerprint density at radius 3 is 2.76 bits per heavy atom. The van der Waals surface area contributed by atoms with Gasteiger partial charge in [0.05, 0.1) is 5.56 Å². The van der Waals surface area contributed by atoms with Crippen LogP contribution in [0.3, 0.4) is 0 Å². The molecule has 1 aliphatic rings. The first kappa shape index (κ1) is 14.2. The van der Waals surface area contributed by atoms with Crippen molar-refractivity contribution >= 4 is 40.0 Å². The van der Waals surface area contributed by atoms with E-state index in [4.69, 9.17) is 0 Å². The van der Waals surface area contributed by atoms with Crippen molar-refractivity contribution in [3.05, 3.63) is 62.5 Å². The van der Waals surface area contributed by atoms with Gasteiger partial charge in [0.15, 0.2) is 5.78 Å². The maximum Gasteiger partial charge on any atom is 0.224 e. The Balaban J connectivity index is 2.03. The van der Waals surface area contributed by atoms with Crippen LogP contribution >= 0.6 is 22.6 Å². The van der Waals surface area contributed by atoms with Crippen LogP contribution in [-0.4, -0.2) is 11.7 Å². The largest absolute Gasteiger partial charge is 0.326 e. The third-order valence-electron chi connectivity index (χ3n) is 3.42. The Morgan fingerprint density at radius 1 is 1.19 bits per heavy atom. The second-order valence-electron chi connectivity index (χ2n) is 4.88. The Kier molecular flexibility index (Phi) is 3.75. The lowest BCUT2D eigenvalue weighted by Gasteiger charge is -2.18. The molecule has 0 saturated heterocycles. The molecule has 2 aromatic carbocycles. The highest BCUT2D eigenvalue weighted by atomic mass is 127. The smallest absolute Gasteiger partial charge is 0.224 e. The van der Waals surface area contributed by atoms with E-state index in [-0.39, 0.29) is 17.3 Å². The molecule has 5 heteroatoms. The van der Waals surface area contributed by atoms with Crippen LogP contribution in [0.2, 0.25) is 0 Å². The fraction of sp³-hybridized carbons (Fsp3) is 0.125. The van der Waals surface area contributed by atoms with Crippen molar-refractivity contribution in [2.24, 2.45) is 0 Å². The molecule has 0 spiro atoms. The first-order valence-corrected chi connectivity index (χ1v) is 7.55. The van der Waals surface area contributed by atoms with Crippen LogP contribution in [0.5, 0.6) is 0 Å². The van der Waals surface area contributed by atoms with E-state index in [1.807, 2.05) is 6.07 Å². The molecule has 106 valence electrons. The van der Waals surface area contributed by atoms with Crippen molar-refractivity contribution in [2.45, 2.75) is 12.8 Å². The van der Waals surface area contributed by atoms with Crippen LogP contribution in [0.25, 0.3) is 0 Å². The first-order valence-electron chi connectivity index (χ1n) is 6.47. The molecule has 0 bridgehead atoms. The molecule has 1 aliphatic heterocycles. The minimum absolute atomic E-state index is 0.0481. The van der Waals surface area contributed by atoms with Crippen molar-refractivity contribution in [3.63, 3.8) is 0 Å². The van der Waals surface area contributed by atoms with Crippen molar-refractivity contribution in [1.82, 2.24) is 0 Å². The van der Waals surface area contributed by atoms with Crippen LogP contribution in [0.15, 0.2) is 36.4 Å². The van der Waals surface area contributed by atoms with Gasteiger partial charge in [-0.05, 0) is 58.8 Å². The zero-order chi connectivity index (χ0) is 15.0. The van der Waals surface area contributed by atoms with E-state index in [2.05, 4.69) is 27.9 Å². The van der Waals surface area contributed by atoms with Crippen molar-refractivity contribution in [2.75, 3.05) is 5.32 Å². The summed E-state index contributed by atoms with van der Waals surface area (Å²) in [6.45, 7) is 0. The van der Waals surface area contributed by atoms with E-state index in [1.165, 1.54) is 6.07 Å². The number of hydrogen-bond donors (Lipinski definition) is 1. The van der Waals surface area contributed by atoms with Gasteiger partial charge in [-0.2, -0.15) is 0 Å². The number of nitrogens with one attached hydrogen (secondary N) is 1. The van der Waals surface area contributed by atoms with E-state index in [9.17, 15) is 14.0 Å². The molecule has 1 heterocycles. The summed E-state index contributed by atoms with van der Waals surface area (Å²) in [4.78, 5) is 23.8. The van der Waals surface area contributed by atoms with Gasteiger partial charge in [-0.15, -0.1) is 0 Å². The Hall–Kier alpha value is -1.76. The summed E-state index contributed by atoms with van der Waals surface area (Å²) in [5.74, 6) is -1.08. The number of amides is 1. The Morgan fingerprint density at radius 2 is 2.00 bits per heavy atom. The van der Waals surface area contributed by atoms with Crippen molar-refractivity contribution < 1.29 is 14.0 Å². The molecule has 2 aromatic rings. The Labute approximate surface area is 134 Å². The van der Waals surface area contributed by atoms with Crippen LogP contribution in [0, 0.1) is 9.39 Å².